The number of thiophene rings is 1. The van der Waals surface area contributed by atoms with Gasteiger partial charge in [-0.15, -0.1) is 11.3 Å². The molecule has 0 amide bonds. The summed E-state index contributed by atoms with van der Waals surface area (Å²) >= 11 is 1.85. The van der Waals surface area contributed by atoms with Gasteiger partial charge in [-0.05, 0) is 91.4 Å². The van der Waals surface area contributed by atoms with Crippen molar-refractivity contribution in [2.45, 2.75) is 18.3 Å². The van der Waals surface area contributed by atoms with Crippen LogP contribution in [0.5, 0.6) is 0 Å². The lowest BCUT2D eigenvalue weighted by molar-refractivity contribution is 0.751. The largest absolute Gasteiger partial charge is 0.208 e. The normalized spacial score (nSPS) is 15.2. The van der Waals surface area contributed by atoms with E-state index in [1.807, 2.05) is 11.3 Å². The number of aromatic nitrogens is 3. The molecule has 2 aliphatic rings. The Labute approximate surface area is 387 Å². The molecule has 2 heterocycles. The van der Waals surface area contributed by atoms with Gasteiger partial charge in [0.15, 0.2) is 17.5 Å². The van der Waals surface area contributed by atoms with Gasteiger partial charge in [-0.25, -0.2) is 15.0 Å². The van der Waals surface area contributed by atoms with Gasteiger partial charge in [0.1, 0.15) is 0 Å². The van der Waals surface area contributed by atoms with Gasteiger partial charge in [0.25, 0.3) is 0 Å². The first-order valence-corrected chi connectivity index (χ1v) is 23.6. The third-order valence-corrected chi connectivity index (χ3v) is 14.9. The predicted octanol–water partition coefficient (Wildman–Crippen LogP) is 16.3. The monoisotopic (exact) mass is 859 g/mol. The first-order valence-electron chi connectivity index (χ1n) is 22.7. The Morgan fingerprint density at radius 2 is 0.955 bits per heavy atom. The number of hydrogen-bond acceptors (Lipinski definition) is 4. The summed E-state index contributed by atoms with van der Waals surface area (Å²) in [5, 5.41) is 5.05. The molecule has 66 heavy (non-hydrogen) atoms. The van der Waals surface area contributed by atoms with E-state index in [-0.39, 0.29) is 0 Å². The Kier molecular flexibility index (Phi) is 9.07. The molecule has 2 aliphatic carbocycles. The molecule has 1 unspecified atom stereocenters. The molecule has 13 rings (SSSR count). The molecule has 0 aliphatic heterocycles. The van der Waals surface area contributed by atoms with Crippen molar-refractivity contribution in [2.75, 3.05) is 0 Å². The van der Waals surface area contributed by atoms with Crippen LogP contribution >= 0.6 is 11.3 Å². The van der Waals surface area contributed by atoms with Crippen LogP contribution in [0.4, 0.5) is 0 Å². The highest BCUT2D eigenvalue weighted by Gasteiger charge is 2.47. The smallest absolute Gasteiger partial charge is 0.164 e. The Hall–Kier alpha value is -8.05. The second kappa shape index (κ2) is 15.6. The van der Waals surface area contributed by atoms with Crippen molar-refractivity contribution in [1.82, 2.24) is 15.0 Å². The third kappa shape index (κ3) is 6.13. The molecule has 2 aromatic heterocycles. The maximum atomic E-state index is 5.34. The summed E-state index contributed by atoms with van der Waals surface area (Å²) < 4.78 is 2.60. The molecule has 0 fully saturated rings. The quantitative estimate of drug-likeness (QED) is 0.160. The average molecular weight is 860 g/mol. The van der Waals surface area contributed by atoms with Gasteiger partial charge in [0.05, 0.1) is 5.41 Å². The van der Waals surface area contributed by atoms with Gasteiger partial charge < -0.3 is 0 Å². The molecule has 0 N–H and O–H groups in total. The van der Waals surface area contributed by atoms with Crippen molar-refractivity contribution < 1.29 is 0 Å². The molecule has 310 valence electrons. The minimum absolute atomic E-state index is 0.497. The lowest BCUT2D eigenvalue weighted by Crippen LogP contribution is -2.29. The van der Waals surface area contributed by atoms with Crippen LogP contribution in [-0.2, 0) is 5.41 Å². The van der Waals surface area contributed by atoms with E-state index < -0.39 is 5.41 Å². The van der Waals surface area contributed by atoms with Crippen LogP contribution in [0, 0.1) is 0 Å². The zero-order valence-corrected chi connectivity index (χ0v) is 36.8. The van der Waals surface area contributed by atoms with E-state index in [9.17, 15) is 0 Å². The van der Waals surface area contributed by atoms with E-state index in [4.69, 9.17) is 15.0 Å². The summed E-state index contributed by atoms with van der Waals surface area (Å²) in [5.74, 6) is 1.91. The first-order chi connectivity index (χ1) is 32.7. The van der Waals surface area contributed by atoms with Crippen LogP contribution in [0.3, 0.4) is 0 Å². The molecule has 0 bridgehead atoms. The lowest BCUT2D eigenvalue weighted by atomic mass is 9.66. The van der Waals surface area contributed by atoms with Crippen molar-refractivity contribution >= 4 is 42.3 Å². The summed E-state index contributed by atoms with van der Waals surface area (Å²) in [5.41, 5.74) is 14.7. The highest BCUT2D eigenvalue weighted by Crippen LogP contribution is 2.57. The van der Waals surface area contributed by atoms with Crippen molar-refractivity contribution in [3.63, 3.8) is 0 Å². The summed E-state index contributed by atoms with van der Waals surface area (Å²) in [6.45, 7) is 0. The molecule has 3 nitrogen and oxygen atoms in total. The second-order valence-electron chi connectivity index (χ2n) is 17.3. The fourth-order valence-electron chi connectivity index (χ4n) is 10.6. The zero-order valence-electron chi connectivity index (χ0n) is 36.0. The van der Waals surface area contributed by atoms with Gasteiger partial charge in [-0.3, -0.25) is 0 Å². The van der Waals surface area contributed by atoms with E-state index >= 15 is 0 Å². The van der Waals surface area contributed by atoms with Gasteiger partial charge in [-0.1, -0.05) is 212 Å². The first kappa shape index (κ1) is 38.4. The molecule has 0 saturated heterocycles. The van der Waals surface area contributed by atoms with Crippen molar-refractivity contribution in [2.24, 2.45) is 0 Å². The van der Waals surface area contributed by atoms with Crippen molar-refractivity contribution in [3.8, 4) is 67.5 Å². The fraction of sp³-hybridized carbons (Fsp3) is 0.0484. The van der Waals surface area contributed by atoms with E-state index in [0.717, 1.165) is 40.7 Å². The summed E-state index contributed by atoms with van der Waals surface area (Å²) in [7, 11) is 0. The second-order valence-corrected chi connectivity index (χ2v) is 18.4. The Morgan fingerprint density at radius 1 is 0.394 bits per heavy atom. The fourth-order valence-corrected chi connectivity index (χ4v) is 11.8. The van der Waals surface area contributed by atoms with Crippen LogP contribution in [0.1, 0.15) is 29.5 Å². The number of rotatable bonds is 7. The Balaban J connectivity index is 0.972. The highest BCUT2D eigenvalue weighted by molar-refractivity contribution is 7.26. The third-order valence-electron chi connectivity index (χ3n) is 13.7. The number of fused-ring (bicyclic) bond motifs is 7. The SMILES string of the molecule is C1=CC(C2(c3ccccc3)c3ccccc3-c3ccc(-c4nc(-c5ccc(-c6cccc7ccccc67)cc5)nc(-c5ccc(-c6cccc7c6sc6ccccc67)cc5)n4)cc32)=CCC1. The van der Waals surface area contributed by atoms with Gasteiger partial charge in [-0.2, -0.15) is 0 Å². The van der Waals surface area contributed by atoms with Crippen LogP contribution in [0.25, 0.3) is 98.5 Å². The molecular weight excluding hydrogens is 819 g/mol. The van der Waals surface area contributed by atoms with Gasteiger partial charge >= 0.3 is 0 Å². The topological polar surface area (TPSA) is 38.7 Å². The molecule has 9 aromatic carbocycles. The number of benzene rings is 9. The van der Waals surface area contributed by atoms with Crippen LogP contribution < -0.4 is 0 Å². The molecule has 0 saturated carbocycles. The van der Waals surface area contributed by atoms with Crippen molar-refractivity contribution in [1.29, 1.82) is 0 Å². The van der Waals surface area contributed by atoms with E-state index in [1.165, 1.54) is 75.5 Å². The Morgan fingerprint density at radius 3 is 1.73 bits per heavy atom. The lowest BCUT2D eigenvalue weighted by Gasteiger charge is -2.35. The maximum absolute atomic E-state index is 5.34. The highest BCUT2D eigenvalue weighted by atomic mass is 32.1. The molecule has 1 atom stereocenters. The minimum Gasteiger partial charge on any atom is -0.208 e. The van der Waals surface area contributed by atoms with E-state index in [2.05, 4.69) is 224 Å². The predicted molar refractivity (Wildman–Crippen MR) is 276 cm³/mol. The van der Waals surface area contributed by atoms with Gasteiger partial charge in [0.2, 0.25) is 0 Å². The van der Waals surface area contributed by atoms with Crippen LogP contribution in [0.2, 0.25) is 0 Å². The molecule has 0 spiro atoms. The van der Waals surface area contributed by atoms with Crippen molar-refractivity contribution in [3.05, 3.63) is 247 Å². The number of nitrogens with zero attached hydrogens (tertiary/aromatic N) is 3. The van der Waals surface area contributed by atoms with Gasteiger partial charge in [0, 0.05) is 36.9 Å². The summed E-state index contributed by atoms with van der Waals surface area (Å²) in [6.07, 6.45) is 9.17. The maximum Gasteiger partial charge on any atom is 0.164 e. The standard InChI is InChI=1S/C62H41N3S/c1-3-17-46(18-4-1)62(47-19-5-2-6-20-47)55-27-11-9-22-51(55)52-38-37-45(39-56(52)62)61-64-59(43-33-29-41(30-34-43)49-24-13-16-40-15-7-8-21-48(40)49)63-60(65-61)44-35-31-42(32-36-44)50-25-14-26-54-53-23-10-12-28-57(53)66-58(50)54/h1,3-5,7-39H,2,6H2. The number of hydrogen-bond donors (Lipinski definition) is 0. The Bertz CT molecular complexity index is 3740. The van der Waals surface area contributed by atoms with Crippen LogP contribution in [0.15, 0.2) is 230 Å². The summed E-state index contributed by atoms with van der Waals surface area (Å²) in [6, 6.07) is 74.6. The van der Waals surface area contributed by atoms with Crippen LogP contribution in [-0.4, -0.2) is 15.0 Å². The average Bonchev–Trinajstić information content (AvgIpc) is 3.93. The van der Waals surface area contributed by atoms with E-state index in [1.54, 1.807) is 0 Å². The number of allylic oxidation sites excluding steroid dienone is 4. The molecule has 4 heteroatoms. The minimum atomic E-state index is -0.497. The summed E-state index contributed by atoms with van der Waals surface area (Å²) in [4.78, 5) is 15.9. The molecule has 11 aromatic rings. The van der Waals surface area contributed by atoms with E-state index in [0.29, 0.717) is 17.5 Å². The molecule has 0 radical (unpaired) electrons. The molecular formula is C62H41N3S. The zero-order chi connectivity index (χ0) is 43.6.